The van der Waals surface area contributed by atoms with Crippen LogP contribution in [-0.4, -0.2) is 19.9 Å². The molecule has 0 heterocycles. The largest absolute Gasteiger partial charge is 0.378 e. The second-order valence-electron chi connectivity index (χ2n) is 3.44. The number of benzene rings is 1. The van der Waals surface area contributed by atoms with Crippen LogP contribution in [0.25, 0.3) is 0 Å². The van der Waals surface area contributed by atoms with Gasteiger partial charge in [-0.3, -0.25) is 4.79 Å². The minimum Gasteiger partial charge on any atom is -0.378 e. The number of hydrogen-bond donors (Lipinski definition) is 0. The summed E-state index contributed by atoms with van der Waals surface area (Å²) < 4.78 is 0. The molecule has 0 spiro atoms. The van der Waals surface area contributed by atoms with Gasteiger partial charge in [0.2, 0.25) is 0 Å². The number of rotatable bonds is 3. The van der Waals surface area contributed by atoms with Crippen LogP contribution in [0.15, 0.2) is 24.3 Å². The van der Waals surface area contributed by atoms with Crippen LogP contribution < -0.4 is 4.90 Å². The highest BCUT2D eigenvalue weighted by Crippen LogP contribution is 2.13. The van der Waals surface area contributed by atoms with Crippen molar-refractivity contribution in [2.75, 3.05) is 19.0 Å². The van der Waals surface area contributed by atoms with Crippen molar-refractivity contribution in [3.8, 4) is 0 Å². The van der Waals surface area contributed by atoms with Crippen molar-refractivity contribution in [1.82, 2.24) is 0 Å². The maximum Gasteiger partial charge on any atom is 0.134 e. The van der Waals surface area contributed by atoms with Gasteiger partial charge in [-0.1, -0.05) is 26.0 Å². The molecular formula is C13H21NO. The first kappa shape index (κ1) is 13.7. The zero-order chi connectivity index (χ0) is 11.8. The number of carbonyl (C=O) groups excluding carboxylic acids is 1. The smallest absolute Gasteiger partial charge is 0.134 e. The zero-order valence-corrected chi connectivity index (χ0v) is 10.4. The maximum atomic E-state index is 10.9. The fourth-order valence-corrected chi connectivity index (χ4v) is 1.23. The molecular weight excluding hydrogens is 186 g/mol. The molecule has 15 heavy (non-hydrogen) atoms. The predicted octanol–water partition coefficient (Wildman–Crippen LogP) is 2.91. The second kappa shape index (κ2) is 7.04. The Morgan fingerprint density at radius 2 is 1.87 bits per heavy atom. The molecule has 0 aliphatic heterocycles. The Labute approximate surface area is 92.9 Å². The van der Waals surface area contributed by atoms with Crippen LogP contribution in [0.2, 0.25) is 0 Å². The van der Waals surface area contributed by atoms with Gasteiger partial charge < -0.3 is 4.90 Å². The Kier molecular flexibility index (Phi) is 6.43. The Hall–Kier alpha value is -1.31. The Bertz CT molecular complexity index is 305. The molecule has 0 amide bonds. The molecule has 0 saturated heterocycles. The molecule has 0 bridgehead atoms. The first-order chi connectivity index (χ1) is 7.09. The van der Waals surface area contributed by atoms with Gasteiger partial charge in [0.1, 0.15) is 5.78 Å². The fraction of sp³-hybridized carbons (Fsp3) is 0.462. The average Bonchev–Trinajstić information content (AvgIpc) is 2.20. The summed E-state index contributed by atoms with van der Waals surface area (Å²) in [5.41, 5.74) is 2.22. The number of ketones is 1. The van der Waals surface area contributed by atoms with Gasteiger partial charge in [-0.25, -0.2) is 0 Å². The van der Waals surface area contributed by atoms with E-state index in [0.717, 1.165) is 11.3 Å². The van der Waals surface area contributed by atoms with E-state index < -0.39 is 0 Å². The summed E-state index contributed by atoms with van der Waals surface area (Å²) in [5.74, 6) is 0.205. The van der Waals surface area contributed by atoms with Crippen LogP contribution in [-0.2, 0) is 11.2 Å². The minimum absolute atomic E-state index is 0.205. The lowest BCUT2D eigenvalue weighted by Gasteiger charge is -2.12. The zero-order valence-electron chi connectivity index (χ0n) is 10.4. The van der Waals surface area contributed by atoms with Crippen LogP contribution in [0.3, 0.4) is 0 Å². The van der Waals surface area contributed by atoms with Crippen molar-refractivity contribution in [3.63, 3.8) is 0 Å². The molecule has 0 atom stereocenters. The molecule has 2 nitrogen and oxygen atoms in total. The van der Waals surface area contributed by atoms with Gasteiger partial charge in [0.15, 0.2) is 0 Å². The van der Waals surface area contributed by atoms with E-state index >= 15 is 0 Å². The lowest BCUT2D eigenvalue weighted by molar-refractivity contribution is -0.116. The highest BCUT2D eigenvalue weighted by molar-refractivity contribution is 5.78. The molecule has 0 N–H and O–H groups in total. The molecule has 0 aliphatic rings. The van der Waals surface area contributed by atoms with Crippen molar-refractivity contribution in [3.05, 3.63) is 29.8 Å². The minimum atomic E-state index is 0.205. The lowest BCUT2D eigenvalue weighted by atomic mass is 10.1. The molecule has 0 radical (unpaired) electrons. The summed E-state index contributed by atoms with van der Waals surface area (Å²) in [6, 6.07) is 8.03. The number of anilines is 1. The van der Waals surface area contributed by atoms with E-state index in [9.17, 15) is 4.79 Å². The number of Topliss-reactive ketones (excluding diaryl/α,β-unsaturated/α-hetero) is 1. The molecule has 0 fully saturated rings. The molecule has 0 saturated carbocycles. The van der Waals surface area contributed by atoms with Gasteiger partial charge in [0, 0.05) is 26.2 Å². The number of carbonyl (C=O) groups is 1. The summed E-state index contributed by atoms with van der Waals surface area (Å²) in [5, 5.41) is 0. The summed E-state index contributed by atoms with van der Waals surface area (Å²) in [6.45, 7) is 5.61. The lowest BCUT2D eigenvalue weighted by Crippen LogP contribution is -2.09. The maximum absolute atomic E-state index is 10.9. The van der Waals surface area contributed by atoms with E-state index in [2.05, 4.69) is 0 Å². The van der Waals surface area contributed by atoms with Crippen LogP contribution in [0, 0.1) is 0 Å². The molecule has 2 heteroatoms. The molecule has 0 aromatic heterocycles. The number of nitrogens with zero attached hydrogens (tertiary/aromatic N) is 1. The summed E-state index contributed by atoms with van der Waals surface area (Å²) in [6.07, 6.45) is 0.529. The average molecular weight is 207 g/mol. The van der Waals surface area contributed by atoms with Crippen molar-refractivity contribution >= 4 is 11.5 Å². The van der Waals surface area contributed by atoms with Crippen LogP contribution in [0.5, 0.6) is 0 Å². The van der Waals surface area contributed by atoms with E-state index in [0.29, 0.717) is 6.42 Å². The number of hydrogen-bond acceptors (Lipinski definition) is 2. The Balaban J connectivity index is 0.000000921. The fourth-order valence-electron chi connectivity index (χ4n) is 1.23. The molecule has 1 aromatic rings. The van der Waals surface area contributed by atoms with E-state index in [1.54, 1.807) is 6.92 Å². The van der Waals surface area contributed by atoms with Crippen molar-refractivity contribution < 1.29 is 4.79 Å². The van der Waals surface area contributed by atoms with E-state index in [-0.39, 0.29) is 5.78 Å². The second-order valence-corrected chi connectivity index (χ2v) is 3.44. The standard InChI is InChI=1S/C11H15NO.C2H6/c1-9(13)7-10-5-4-6-11(8-10)12(2)3;1-2/h4-6,8H,7H2,1-3H3;1-2H3. The van der Waals surface area contributed by atoms with Gasteiger partial charge in [-0.05, 0) is 24.6 Å². The summed E-state index contributed by atoms with van der Waals surface area (Å²) in [7, 11) is 3.99. The molecule has 84 valence electrons. The highest BCUT2D eigenvalue weighted by atomic mass is 16.1. The molecule has 0 aliphatic carbocycles. The molecule has 1 aromatic carbocycles. The summed E-state index contributed by atoms with van der Waals surface area (Å²) >= 11 is 0. The predicted molar refractivity (Wildman–Crippen MR) is 66.5 cm³/mol. The van der Waals surface area contributed by atoms with Crippen molar-refractivity contribution in [1.29, 1.82) is 0 Å². The van der Waals surface area contributed by atoms with Crippen LogP contribution in [0.1, 0.15) is 26.3 Å². The topological polar surface area (TPSA) is 20.3 Å². The SMILES string of the molecule is CC.CC(=O)Cc1cccc(N(C)C)c1. The van der Waals surface area contributed by atoms with E-state index in [1.807, 2.05) is 57.1 Å². The highest BCUT2D eigenvalue weighted by Gasteiger charge is 1.99. The quantitative estimate of drug-likeness (QED) is 0.759. The van der Waals surface area contributed by atoms with Crippen LogP contribution >= 0.6 is 0 Å². The first-order valence-corrected chi connectivity index (χ1v) is 5.35. The van der Waals surface area contributed by atoms with Crippen molar-refractivity contribution in [2.45, 2.75) is 27.2 Å². The van der Waals surface area contributed by atoms with E-state index in [4.69, 9.17) is 0 Å². The summed E-state index contributed by atoms with van der Waals surface area (Å²) in [4.78, 5) is 12.9. The van der Waals surface area contributed by atoms with E-state index in [1.165, 1.54) is 0 Å². The Morgan fingerprint density at radius 1 is 1.27 bits per heavy atom. The Morgan fingerprint density at radius 3 is 2.33 bits per heavy atom. The van der Waals surface area contributed by atoms with Gasteiger partial charge in [-0.2, -0.15) is 0 Å². The molecule has 0 unspecified atom stereocenters. The van der Waals surface area contributed by atoms with Gasteiger partial charge in [0.05, 0.1) is 0 Å². The van der Waals surface area contributed by atoms with Gasteiger partial charge in [-0.15, -0.1) is 0 Å². The van der Waals surface area contributed by atoms with Crippen LogP contribution in [0.4, 0.5) is 5.69 Å². The third-order valence-electron chi connectivity index (χ3n) is 1.88. The third-order valence-corrected chi connectivity index (χ3v) is 1.88. The normalized spacial score (nSPS) is 8.87. The third kappa shape index (κ3) is 5.21. The first-order valence-electron chi connectivity index (χ1n) is 5.35. The van der Waals surface area contributed by atoms with Crippen molar-refractivity contribution in [2.24, 2.45) is 0 Å². The van der Waals surface area contributed by atoms with Gasteiger partial charge in [0.25, 0.3) is 0 Å². The monoisotopic (exact) mass is 207 g/mol. The molecule has 1 rings (SSSR count). The van der Waals surface area contributed by atoms with Gasteiger partial charge >= 0.3 is 0 Å².